The molecule has 2 N–H and O–H groups in total. The zero-order valence-corrected chi connectivity index (χ0v) is 10.4. The Morgan fingerprint density at radius 2 is 2.17 bits per heavy atom. The van der Waals surface area contributed by atoms with Gasteiger partial charge in [-0.1, -0.05) is 24.3 Å². The summed E-state index contributed by atoms with van der Waals surface area (Å²) in [5.41, 5.74) is 3.52. The van der Waals surface area contributed by atoms with E-state index >= 15 is 0 Å². The molecule has 0 aliphatic carbocycles. The number of hydrogen-bond donors (Lipinski definition) is 2. The molecule has 1 aromatic carbocycles. The molecule has 94 valence electrons. The number of allylic oxidation sites excluding steroid dienone is 2. The van der Waals surface area contributed by atoms with Crippen LogP contribution in [-0.2, 0) is 4.79 Å². The van der Waals surface area contributed by atoms with Gasteiger partial charge in [-0.15, -0.1) is 0 Å². The van der Waals surface area contributed by atoms with Crippen molar-refractivity contribution in [1.29, 1.82) is 0 Å². The van der Waals surface area contributed by atoms with Gasteiger partial charge in [0.2, 0.25) is 0 Å². The molecule has 2 rings (SSSR count). The maximum absolute atomic E-state index is 10.4. The topological polar surface area (TPSA) is 53.1 Å². The van der Waals surface area contributed by atoms with Crippen molar-refractivity contribution in [2.45, 2.75) is 26.2 Å². The van der Waals surface area contributed by atoms with Crippen molar-refractivity contribution in [1.82, 2.24) is 4.98 Å². The number of para-hydroxylation sites is 1. The number of aliphatic carboxylic acids is 1. The van der Waals surface area contributed by atoms with Gasteiger partial charge in [-0.3, -0.25) is 4.79 Å². The van der Waals surface area contributed by atoms with Crippen molar-refractivity contribution in [2.24, 2.45) is 0 Å². The van der Waals surface area contributed by atoms with E-state index in [1.54, 1.807) is 0 Å². The molecule has 0 atom stereocenters. The van der Waals surface area contributed by atoms with E-state index in [0.29, 0.717) is 6.42 Å². The molecular weight excluding hydrogens is 226 g/mol. The van der Waals surface area contributed by atoms with Crippen molar-refractivity contribution < 1.29 is 9.90 Å². The fourth-order valence-corrected chi connectivity index (χ4v) is 2.08. The number of carboxylic acids is 1. The molecule has 0 saturated carbocycles. The van der Waals surface area contributed by atoms with Crippen molar-refractivity contribution in [3.8, 4) is 0 Å². The Kier molecular flexibility index (Phi) is 3.82. The van der Waals surface area contributed by atoms with Gasteiger partial charge < -0.3 is 10.1 Å². The molecule has 0 fully saturated rings. The molecule has 18 heavy (non-hydrogen) atoms. The van der Waals surface area contributed by atoms with Crippen LogP contribution in [0.2, 0.25) is 0 Å². The summed E-state index contributed by atoms with van der Waals surface area (Å²) in [6, 6.07) is 8.18. The third-order valence-electron chi connectivity index (χ3n) is 3.06. The lowest BCUT2D eigenvalue weighted by Crippen LogP contribution is -1.92. The summed E-state index contributed by atoms with van der Waals surface area (Å²) in [7, 11) is 0. The number of aromatic amines is 1. The number of nitrogens with one attached hydrogen (secondary N) is 1. The van der Waals surface area contributed by atoms with Crippen LogP contribution in [0.15, 0.2) is 36.5 Å². The number of carbonyl (C=O) groups is 1. The molecule has 0 aliphatic heterocycles. The predicted octanol–water partition coefficient (Wildman–Crippen LogP) is 3.83. The number of rotatable bonds is 5. The van der Waals surface area contributed by atoms with Crippen LogP contribution in [0, 0.1) is 0 Å². The van der Waals surface area contributed by atoms with Gasteiger partial charge in [0.15, 0.2) is 0 Å². The number of H-pyrrole nitrogens is 1. The van der Waals surface area contributed by atoms with E-state index in [1.807, 2.05) is 18.3 Å². The first-order valence-corrected chi connectivity index (χ1v) is 6.13. The Bertz CT molecular complexity index is 581. The number of aromatic nitrogens is 1. The van der Waals surface area contributed by atoms with Gasteiger partial charge in [-0.25, -0.2) is 0 Å². The molecule has 3 nitrogen and oxygen atoms in total. The minimum absolute atomic E-state index is 0.234. The standard InChI is InChI=1S/C15H17NO2/c1-11(6-2-5-9-15(17)18)13-10-16-14-8-4-3-7-12(13)14/h3-4,6-8,10,16H,2,5,9H2,1H3,(H,17,18)/b11-6+. The predicted molar refractivity (Wildman–Crippen MR) is 73.4 cm³/mol. The Morgan fingerprint density at radius 1 is 1.39 bits per heavy atom. The summed E-state index contributed by atoms with van der Waals surface area (Å²) in [5.74, 6) is -0.729. The summed E-state index contributed by atoms with van der Waals surface area (Å²) >= 11 is 0. The lowest BCUT2D eigenvalue weighted by Gasteiger charge is -1.99. The van der Waals surface area contributed by atoms with Crippen LogP contribution in [0.4, 0.5) is 0 Å². The molecule has 0 amide bonds. The van der Waals surface area contributed by atoms with Gasteiger partial charge in [0.05, 0.1) is 0 Å². The van der Waals surface area contributed by atoms with Crippen molar-refractivity contribution >= 4 is 22.4 Å². The smallest absolute Gasteiger partial charge is 0.303 e. The maximum atomic E-state index is 10.4. The second-order valence-electron chi connectivity index (χ2n) is 4.42. The minimum Gasteiger partial charge on any atom is -0.481 e. The summed E-state index contributed by atoms with van der Waals surface area (Å²) < 4.78 is 0. The average Bonchev–Trinajstić information content (AvgIpc) is 2.78. The third-order valence-corrected chi connectivity index (χ3v) is 3.06. The minimum atomic E-state index is -0.729. The molecule has 2 aromatic rings. The molecular formula is C15H17NO2. The fourth-order valence-electron chi connectivity index (χ4n) is 2.08. The zero-order chi connectivity index (χ0) is 13.0. The molecule has 0 spiro atoms. The van der Waals surface area contributed by atoms with Crippen LogP contribution in [0.25, 0.3) is 16.5 Å². The highest BCUT2D eigenvalue weighted by molar-refractivity contribution is 5.92. The Labute approximate surface area is 106 Å². The van der Waals surface area contributed by atoms with E-state index in [-0.39, 0.29) is 6.42 Å². The zero-order valence-electron chi connectivity index (χ0n) is 10.4. The van der Waals surface area contributed by atoms with Crippen molar-refractivity contribution in [2.75, 3.05) is 0 Å². The highest BCUT2D eigenvalue weighted by Crippen LogP contribution is 2.24. The second-order valence-corrected chi connectivity index (χ2v) is 4.42. The van der Waals surface area contributed by atoms with Crippen molar-refractivity contribution in [3.05, 3.63) is 42.1 Å². The largest absolute Gasteiger partial charge is 0.481 e. The van der Waals surface area contributed by atoms with Crippen LogP contribution >= 0.6 is 0 Å². The number of hydrogen-bond acceptors (Lipinski definition) is 1. The van der Waals surface area contributed by atoms with Gasteiger partial charge in [-0.05, 0) is 31.4 Å². The monoisotopic (exact) mass is 243 g/mol. The van der Waals surface area contributed by atoms with E-state index in [0.717, 1.165) is 11.9 Å². The number of benzene rings is 1. The van der Waals surface area contributed by atoms with Crippen LogP contribution in [0.3, 0.4) is 0 Å². The summed E-state index contributed by atoms with van der Waals surface area (Å²) in [6.45, 7) is 2.07. The molecule has 0 saturated heterocycles. The molecule has 1 aromatic heterocycles. The number of unbranched alkanes of at least 4 members (excludes halogenated alkanes) is 1. The molecule has 0 bridgehead atoms. The van der Waals surface area contributed by atoms with Gasteiger partial charge in [-0.2, -0.15) is 0 Å². The van der Waals surface area contributed by atoms with E-state index in [2.05, 4.69) is 30.1 Å². The van der Waals surface area contributed by atoms with E-state index in [1.165, 1.54) is 16.5 Å². The SMILES string of the molecule is C/C(=C\CCCC(=O)O)c1c[nH]c2ccccc12. The summed E-state index contributed by atoms with van der Waals surface area (Å²) in [4.78, 5) is 13.7. The van der Waals surface area contributed by atoms with E-state index in [4.69, 9.17) is 5.11 Å². The summed E-state index contributed by atoms with van der Waals surface area (Å²) in [6.07, 6.45) is 5.84. The molecule has 0 unspecified atom stereocenters. The normalized spacial score (nSPS) is 11.9. The first-order valence-electron chi connectivity index (χ1n) is 6.13. The molecule has 3 heteroatoms. The first-order chi connectivity index (χ1) is 8.68. The number of carboxylic acid groups (broad SMARTS) is 1. The third kappa shape index (κ3) is 2.80. The highest BCUT2D eigenvalue weighted by atomic mass is 16.4. The van der Waals surface area contributed by atoms with Gasteiger partial charge in [0.1, 0.15) is 0 Å². The van der Waals surface area contributed by atoms with Crippen LogP contribution in [-0.4, -0.2) is 16.1 Å². The molecule has 0 aliphatic rings. The quantitative estimate of drug-likeness (QED) is 0.784. The first kappa shape index (κ1) is 12.4. The maximum Gasteiger partial charge on any atom is 0.303 e. The van der Waals surface area contributed by atoms with Gasteiger partial charge >= 0.3 is 5.97 Å². The molecule has 1 heterocycles. The summed E-state index contributed by atoms with van der Waals surface area (Å²) in [5, 5.41) is 9.79. The van der Waals surface area contributed by atoms with Crippen LogP contribution in [0.5, 0.6) is 0 Å². The number of fused-ring (bicyclic) bond motifs is 1. The van der Waals surface area contributed by atoms with E-state index in [9.17, 15) is 4.79 Å². The molecule has 0 radical (unpaired) electrons. The fraction of sp³-hybridized carbons (Fsp3) is 0.267. The Balaban J connectivity index is 2.10. The van der Waals surface area contributed by atoms with Gasteiger partial charge in [0.25, 0.3) is 0 Å². The highest BCUT2D eigenvalue weighted by Gasteiger charge is 2.04. The van der Waals surface area contributed by atoms with Crippen LogP contribution in [0.1, 0.15) is 31.7 Å². The van der Waals surface area contributed by atoms with E-state index < -0.39 is 5.97 Å². The van der Waals surface area contributed by atoms with Gasteiger partial charge in [0, 0.05) is 29.1 Å². The second kappa shape index (κ2) is 5.54. The lowest BCUT2D eigenvalue weighted by atomic mass is 10.0. The van der Waals surface area contributed by atoms with Crippen LogP contribution < -0.4 is 0 Å². The Hall–Kier alpha value is -2.03. The van der Waals surface area contributed by atoms with Crippen molar-refractivity contribution in [3.63, 3.8) is 0 Å². The average molecular weight is 243 g/mol. The lowest BCUT2D eigenvalue weighted by molar-refractivity contribution is -0.137. The Morgan fingerprint density at radius 3 is 2.94 bits per heavy atom.